The summed E-state index contributed by atoms with van der Waals surface area (Å²) < 4.78 is 0. The predicted molar refractivity (Wildman–Crippen MR) is 118 cm³/mol. The first-order valence-electron chi connectivity index (χ1n) is 10.2. The van der Waals surface area contributed by atoms with E-state index in [2.05, 4.69) is 31.0 Å². The lowest BCUT2D eigenvalue weighted by atomic mass is 10.00. The summed E-state index contributed by atoms with van der Waals surface area (Å²) in [5.41, 5.74) is 4.91. The summed E-state index contributed by atoms with van der Waals surface area (Å²) in [6.45, 7) is 10.6. The molecule has 0 N–H and O–H groups in total. The molecule has 0 heterocycles. The Bertz CT molecular complexity index is 799. The minimum atomic E-state index is 0.0964. The van der Waals surface area contributed by atoms with Gasteiger partial charge in [-0.1, -0.05) is 43.7 Å². The maximum Gasteiger partial charge on any atom is 0.254 e. The van der Waals surface area contributed by atoms with Crippen LogP contribution in [0.4, 0.5) is 5.69 Å². The van der Waals surface area contributed by atoms with Gasteiger partial charge in [0.1, 0.15) is 0 Å². The Kier molecular flexibility index (Phi) is 8.24. The van der Waals surface area contributed by atoms with Crippen LogP contribution < -0.4 is 0 Å². The SMILES string of the molecule is CCCCN(Cc1ccccc1)C(=O)c1ccc(N=CN(C)CC)c(C)c1C. The monoisotopic (exact) mass is 379 g/mol. The van der Waals surface area contributed by atoms with Gasteiger partial charge in [0.2, 0.25) is 0 Å². The van der Waals surface area contributed by atoms with Crippen molar-refractivity contribution in [3.8, 4) is 0 Å². The molecule has 0 unspecified atom stereocenters. The number of carbonyl (C=O) groups is 1. The zero-order chi connectivity index (χ0) is 20.5. The molecule has 0 aromatic heterocycles. The minimum absolute atomic E-state index is 0.0964. The third-order valence-corrected chi connectivity index (χ3v) is 5.17. The zero-order valence-corrected chi connectivity index (χ0v) is 17.9. The number of unbranched alkanes of at least 4 members (excludes halogenated alkanes) is 1. The van der Waals surface area contributed by atoms with E-state index in [1.165, 1.54) is 0 Å². The van der Waals surface area contributed by atoms with E-state index in [-0.39, 0.29) is 5.91 Å². The molecule has 1 amide bonds. The average molecular weight is 380 g/mol. The number of nitrogens with zero attached hydrogens (tertiary/aromatic N) is 3. The molecule has 2 aromatic carbocycles. The number of aliphatic imine (C=N–C) groups is 1. The summed E-state index contributed by atoms with van der Waals surface area (Å²) >= 11 is 0. The lowest BCUT2D eigenvalue weighted by Gasteiger charge is -2.24. The number of rotatable bonds is 9. The Morgan fingerprint density at radius 2 is 1.75 bits per heavy atom. The van der Waals surface area contributed by atoms with Crippen LogP contribution in [0, 0.1) is 13.8 Å². The molecule has 0 radical (unpaired) electrons. The maximum absolute atomic E-state index is 13.3. The van der Waals surface area contributed by atoms with Crippen LogP contribution in [0.3, 0.4) is 0 Å². The van der Waals surface area contributed by atoms with Gasteiger partial charge < -0.3 is 9.80 Å². The third-order valence-electron chi connectivity index (χ3n) is 5.17. The fourth-order valence-corrected chi connectivity index (χ4v) is 3.00. The highest BCUT2D eigenvalue weighted by Gasteiger charge is 2.19. The molecule has 0 spiro atoms. The molecule has 28 heavy (non-hydrogen) atoms. The molecular formula is C24H33N3O. The van der Waals surface area contributed by atoms with Crippen molar-refractivity contribution in [1.82, 2.24) is 9.80 Å². The molecule has 0 aliphatic heterocycles. The van der Waals surface area contributed by atoms with Crippen molar-refractivity contribution in [1.29, 1.82) is 0 Å². The van der Waals surface area contributed by atoms with Crippen molar-refractivity contribution < 1.29 is 4.79 Å². The van der Waals surface area contributed by atoms with E-state index in [9.17, 15) is 4.79 Å². The van der Waals surface area contributed by atoms with Gasteiger partial charge in [0.15, 0.2) is 0 Å². The number of benzene rings is 2. The Morgan fingerprint density at radius 3 is 2.39 bits per heavy atom. The van der Waals surface area contributed by atoms with Crippen molar-refractivity contribution in [2.45, 2.75) is 47.1 Å². The van der Waals surface area contributed by atoms with Crippen LogP contribution >= 0.6 is 0 Å². The standard InChI is InChI=1S/C24H33N3O/c1-6-8-16-27(17-21-12-10-9-11-13-21)24(28)22-14-15-23(20(4)19(22)3)25-18-26(5)7-2/h9-15,18H,6-8,16-17H2,1-5H3. The average Bonchev–Trinajstić information content (AvgIpc) is 2.72. The molecule has 0 saturated carbocycles. The van der Waals surface area contributed by atoms with Crippen LogP contribution in [0.5, 0.6) is 0 Å². The van der Waals surface area contributed by atoms with E-state index < -0.39 is 0 Å². The number of carbonyl (C=O) groups excluding carboxylic acids is 1. The first-order chi connectivity index (χ1) is 13.5. The first kappa shape index (κ1) is 21.7. The minimum Gasteiger partial charge on any atom is -0.366 e. The molecule has 150 valence electrons. The quantitative estimate of drug-likeness (QED) is 0.434. The van der Waals surface area contributed by atoms with Crippen LogP contribution in [0.25, 0.3) is 0 Å². The third kappa shape index (κ3) is 5.69. The second-order valence-corrected chi connectivity index (χ2v) is 7.27. The topological polar surface area (TPSA) is 35.9 Å². The Labute approximate surface area is 169 Å². The molecule has 0 aliphatic rings. The highest BCUT2D eigenvalue weighted by molar-refractivity contribution is 5.96. The summed E-state index contributed by atoms with van der Waals surface area (Å²) in [6, 6.07) is 14.1. The van der Waals surface area contributed by atoms with Crippen LogP contribution in [0.15, 0.2) is 47.5 Å². The maximum atomic E-state index is 13.3. The second kappa shape index (κ2) is 10.6. The molecule has 2 aromatic rings. The van der Waals surface area contributed by atoms with Gasteiger partial charge in [0, 0.05) is 32.2 Å². The number of hydrogen-bond donors (Lipinski definition) is 0. The number of amides is 1. The molecule has 0 saturated heterocycles. The van der Waals surface area contributed by atoms with Crippen molar-refractivity contribution in [3.05, 3.63) is 64.7 Å². The highest BCUT2D eigenvalue weighted by Crippen LogP contribution is 2.26. The lowest BCUT2D eigenvalue weighted by molar-refractivity contribution is 0.0740. The highest BCUT2D eigenvalue weighted by atomic mass is 16.2. The van der Waals surface area contributed by atoms with Gasteiger partial charge in [-0.15, -0.1) is 0 Å². The Balaban J connectivity index is 2.28. The van der Waals surface area contributed by atoms with E-state index in [0.29, 0.717) is 6.54 Å². The van der Waals surface area contributed by atoms with Gasteiger partial charge in [-0.05, 0) is 56.0 Å². The zero-order valence-electron chi connectivity index (χ0n) is 17.9. The van der Waals surface area contributed by atoms with Gasteiger partial charge in [-0.3, -0.25) is 4.79 Å². The van der Waals surface area contributed by atoms with E-state index >= 15 is 0 Å². The first-order valence-corrected chi connectivity index (χ1v) is 10.2. The van der Waals surface area contributed by atoms with Crippen molar-refractivity contribution in [2.75, 3.05) is 20.1 Å². The lowest BCUT2D eigenvalue weighted by Crippen LogP contribution is -2.32. The van der Waals surface area contributed by atoms with Crippen molar-refractivity contribution in [2.24, 2.45) is 4.99 Å². The van der Waals surface area contributed by atoms with Crippen LogP contribution in [0.1, 0.15) is 53.7 Å². The molecule has 0 bridgehead atoms. The van der Waals surface area contributed by atoms with Crippen LogP contribution in [-0.4, -0.2) is 42.2 Å². The molecule has 0 atom stereocenters. The molecule has 4 nitrogen and oxygen atoms in total. The summed E-state index contributed by atoms with van der Waals surface area (Å²) in [6.07, 6.45) is 3.91. The van der Waals surface area contributed by atoms with Crippen molar-refractivity contribution in [3.63, 3.8) is 0 Å². The fourth-order valence-electron chi connectivity index (χ4n) is 3.00. The summed E-state index contributed by atoms with van der Waals surface area (Å²) in [4.78, 5) is 21.9. The molecule has 2 rings (SSSR count). The van der Waals surface area contributed by atoms with Gasteiger partial charge in [0.05, 0.1) is 12.0 Å². The largest absolute Gasteiger partial charge is 0.366 e. The van der Waals surface area contributed by atoms with E-state index in [4.69, 9.17) is 0 Å². The van der Waals surface area contributed by atoms with E-state index in [0.717, 1.165) is 53.9 Å². The fraction of sp³-hybridized carbons (Fsp3) is 0.417. The van der Waals surface area contributed by atoms with Crippen LogP contribution in [0.2, 0.25) is 0 Å². The van der Waals surface area contributed by atoms with Gasteiger partial charge in [0.25, 0.3) is 5.91 Å². The Morgan fingerprint density at radius 1 is 1.04 bits per heavy atom. The molecule has 0 fully saturated rings. The smallest absolute Gasteiger partial charge is 0.254 e. The second-order valence-electron chi connectivity index (χ2n) is 7.27. The summed E-state index contributed by atoms with van der Waals surface area (Å²) in [5, 5.41) is 0. The van der Waals surface area contributed by atoms with Gasteiger partial charge in [-0.2, -0.15) is 0 Å². The normalized spacial score (nSPS) is 11.0. The van der Waals surface area contributed by atoms with Gasteiger partial charge in [-0.25, -0.2) is 4.99 Å². The Hall–Kier alpha value is -2.62. The van der Waals surface area contributed by atoms with E-state index in [1.54, 1.807) is 0 Å². The predicted octanol–water partition coefficient (Wildman–Crippen LogP) is 5.36. The van der Waals surface area contributed by atoms with Crippen LogP contribution in [-0.2, 0) is 6.54 Å². The van der Waals surface area contributed by atoms with Crippen molar-refractivity contribution >= 4 is 17.9 Å². The molecule has 4 heteroatoms. The summed E-state index contributed by atoms with van der Waals surface area (Å²) in [5.74, 6) is 0.0964. The summed E-state index contributed by atoms with van der Waals surface area (Å²) in [7, 11) is 2.00. The number of hydrogen-bond acceptors (Lipinski definition) is 2. The molecule has 0 aliphatic carbocycles. The van der Waals surface area contributed by atoms with E-state index in [1.807, 2.05) is 67.4 Å². The molecular weight excluding hydrogens is 346 g/mol. The van der Waals surface area contributed by atoms with Gasteiger partial charge >= 0.3 is 0 Å².